The Bertz CT molecular complexity index is 562. The molecule has 0 bridgehead atoms. The molecule has 0 spiro atoms. The third-order valence-electron chi connectivity index (χ3n) is 2.91. The van der Waals surface area contributed by atoms with E-state index >= 15 is 0 Å². The Morgan fingerprint density at radius 1 is 1.39 bits per heavy atom. The number of hydrogen-bond acceptors (Lipinski definition) is 4. The van der Waals surface area contributed by atoms with Crippen molar-refractivity contribution in [1.82, 2.24) is 10.1 Å². The Labute approximate surface area is 108 Å². The van der Waals surface area contributed by atoms with Crippen LogP contribution in [0.15, 0.2) is 22.7 Å². The fourth-order valence-electron chi connectivity index (χ4n) is 1.77. The van der Waals surface area contributed by atoms with Crippen molar-refractivity contribution >= 4 is 11.6 Å². The van der Waals surface area contributed by atoms with Crippen LogP contribution in [0.2, 0.25) is 5.02 Å². The van der Waals surface area contributed by atoms with Crippen molar-refractivity contribution in [2.45, 2.75) is 24.8 Å². The van der Waals surface area contributed by atoms with Crippen molar-refractivity contribution < 1.29 is 8.91 Å². The standard InChI is InChI=1S/C12H11ClFN3O/c13-8-3-7(4-9(14)5-8)10(15)11-16-12(18-17-11)6-1-2-6/h3-6,10H,1-2,15H2. The van der Waals surface area contributed by atoms with E-state index in [0.717, 1.165) is 12.8 Å². The first-order chi connectivity index (χ1) is 8.63. The quantitative estimate of drug-likeness (QED) is 0.929. The van der Waals surface area contributed by atoms with Crippen molar-refractivity contribution in [3.63, 3.8) is 0 Å². The van der Waals surface area contributed by atoms with Crippen LogP contribution in [0.5, 0.6) is 0 Å². The minimum atomic E-state index is -0.630. The number of benzene rings is 1. The SMILES string of the molecule is NC(c1cc(F)cc(Cl)c1)c1noc(C2CC2)n1. The molecule has 1 aliphatic carbocycles. The van der Waals surface area contributed by atoms with E-state index < -0.39 is 11.9 Å². The molecule has 6 heteroatoms. The Hall–Kier alpha value is -1.46. The molecule has 1 fully saturated rings. The molecule has 1 aromatic carbocycles. The van der Waals surface area contributed by atoms with Crippen LogP contribution < -0.4 is 5.73 Å². The zero-order valence-corrected chi connectivity index (χ0v) is 10.2. The van der Waals surface area contributed by atoms with E-state index in [4.69, 9.17) is 21.9 Å². The highest BCUT2D eigenvalue weighted by Gasteiger charge is 2.30. The van der Waals surface area contributed by atoms with Crippen molar-refractivity contribution in [3.05, 3.63) is 46.3 Å². The van der Waals surface area contributed by atoms with Gasteiger partial charge in [0, 0.05) is 10.9 Å². The van der Waals surface area contributed by atoms with Gasteiger partial charge in [-0.05, 0) is 36.6 Å². The number of aromatic nitrogens is 2. The summed E-state index contributed by atoms with van der Waals surface area (Å²) in [5.74, 6) is 0.912. The monoisotopic (exact) mass is 267 g/mol. The van der Waals surface area contributed by atoms with Gasteiger partial charge < -0.3 is 10.3 Å². The predicted molar refractivity (Wildman–Crippen MR) is 63.7 cm³/mol. The topological polar surface area (TPSA) is 64.9 Å². The van der Waals surface area contributed by atoms with Crippen molar-refractivity contribution in [3.8, 4) is 0 Å². The average Bonchev–Trinajstić information content (AvgIpc) is 3.05. The molecule has 1 aromatic heterocycles. The summed E-state index contributed by atoms with van der Waals surface area (Å²) in [5, 5.41) is 4.13. The smallest absolute Gasteiger partial charge is 0.229 e. The lowest BCUT2D eigenvalue weighted by molar-refractivity contribution is 0.372. The lowest BCUT2D eigenvalue weighted by atomic mass is 10.1. The second kappa shape index (κ2) is 4.33. The third-order valence-corrected chi connectivity index (χ3v) is 3.12. The van der Waals surface area contributed by atoms with Gasteiger partial charge in [0.15, 0.2) is 5.82 Å². The van der Waals surface area contributed by atoms with Crippen LogP contribution in [0.25, 0.3) is 0 Å². The van der Waals surface area contributed by atoms with Gasteiger partial charge in [-0.25, -0.2) is 4.39 Å². The Balaban J connectivity index is 1.89. The van der Waals surface area contributed by atoms with Gasteiger partial charge in [0.05, 0.1) is 6.04 Å². The fraction of sp³-hybridized carbons (Fsp3) is 0.333. The van der Waals surface area contributed by atoms with Crippen LogP contribution in [0.4, 0.5) is 4.39 Å². The molecule has 0 saturated heterocycles. The first-order valence-electron chi connectivity index (χ1n) is 5.68. The maximum atomic E-state index is 13.2. The molecular weight excluding hydrogens is 257 g/mol. The zero-order valence-electron chi connectivity index (χ0n) is 9.44. The molecule has 18 heavy (non-hydrogen) atoms. The number of rotatable bonds is 3. The van der Waals surface area contributed by atoms with Crippen LogP contribution in [-0.2, 0) is 0 Å². The third kappa shape index (κ3) is 2.23. The van der Waals surface area contributed by atoms with E-state index in [1.165, 1.54) is 12.1 Å². The lowest BCUT2D eigenvalue weighted by Crippen LogP contribution is -2.14. The zero-order chi connectivity index (χ0) is 12.7. The molecule has 1 unspecified atom stereocenters. The fourth-order valence-corrected chi connectivity index (χ4v) is 2.00. The van der Waals surface area contributed by atoms with Gasteiger partial charge in [-0.15, -0.1) is 0 Å². The maximum Gasteiger partial charge on any atom is 0.229 e. The molecule has 0 amide bonds. The molecule has 0 radical (unpaired) electrons. The van der Waals surface area contributed by atoms with E-state index in [9.17, 15) is 4.39 Å². The van der Waals surface area contributed by atoms with Gasteiger partial charge in [-0.1, -0.05) is 16.8 Å². The van der Waals surface area contributed by atoms with Gasteiger partial charge in [-0.3, -0.25) is 0 Å². The van der Waals surface area contributed by atoms with Crippen LogP contribution in [0, 0.1) is 5.82 Å². The minimum absolute atomic E-state index is 0.298. The normalized spacial score (nSPS) is 16.8. The first-order valence-corrected chi connectivity index (χ1v) is 6.06. The van der Waals surface area contributed by atoms with E-state index in [1.54, 1.807) is 6.07 Å². The predicted octanol–water partition coefficient (Wildman–Crippen LogP) is 2.79. The minimum Gasteiger partial charge on any atom is -0.339 e. The number of hydrogen-bond donors (Lipinski definition) is 1. The van der Waals surface area contributed by atoms with Crippen LogP contribution >= 0.6 is 11.6 Å². The molecule has 0 aliphatic heterocycles. The highest BCUT2D eigenvalue weighted by atomic mass is 35.5. The van der Waals surface area contributed by atoms with E-state index in [0.29, 0.717) is 28.2 Å². The van der Waals surface area contributed by atoms with Gasteiger partial charge >= 0.3 is 0 Å². The Morgan fingerprint density at radius 2 is 2.17 bits per heavy atom. The summed E-state index contributed by atoms with van der Waals surface area (Å²) < 4.78 is 18.4. The number of halogens is 2. The second-order valence-electron chi connectivity index (χ2n) is 4.45. The molecule has 1 atom stereocenters. The number of nitrogens with two attached hydrogens (primary N) is 1. The van der Waals surface area contributed by atoms with E-state index in [1.807, 2.05) is 0 Å². The molecule has 1 saturated carbocycles. The number of nitrogens with zero attached hydrogens (tertiary/aromatic N) is 2. The highest BCUT2D eigenvalue weighted by Crippen LogP contribution is 2.39. The average molecular weight is 268 g/mol. The molecule has 1 aliphatic rings. The van der Waals surface area contributed by atoms with Crippen LogP contribution in [-0.4, -0.2) is 10.1 Å². The van der Waals surface area contributed by atoms with Crippen LogP contribution in [0.1, 0.15) is 42.1 Å². The lowest BCUT2D eigenvalue weighted by Gasteiger charge is -2.07. The highest BCUT2D eigenvalue weighted by molar-refractivity contribution is 6.30. The molecular formula is C12H11ClFN3O. The molecule has 1 heterocycles. The maximum absolute atomic E-state index is 13.2. The van der Waals surface area contributed by atoms with Crippen molar-refractivity contribution in [2.24, 2.45) is 5.73 Å². The summed E-state index contributed by atoms with van der Waals surface area (Å²) >= 11 is 5.79. The molecule has 4 nitrogen and oxygen atoms in total. The van der Waals surface area contributed by atoms with E-state index in [2.05, 4.69) is 10.1 Å². The summed E-state index contributed by atoms with van der Waals surface area (Å²) in [6.45, 7) is 0. The molecule has 94 valence electrons. The summed E-state index contributed by atoms with van der Waals surface area (Å²) in [6, 6.07) is 3.52. The Morgan fingerprint density at radius 3 is 2.83 bits per heavy atom. The van der Waals surface area contributed by atoms with Crippen LogP contribution in [0.3, 0.4) is 0 Å². The van der Waals surface area contributed by atoms with Crippen molar-refractivity contribution in [2.75, 3.05) is 0 Å². The second-order valence-corrected chi connectivity index (χ2v) is 4.88. The van der Waals surface area contributed by atoms with Gasteiger partial charge in [-0.2, -0.15) is 4.98 Å². The van der Waals surface area contributed by atoms with Gasteiger partial charge in [0.1, 0.15) is 5.82 Å². The summed E-state index contributed by atoms with van der Waals surface area (Å²) in [6.07, 6.45) is 2.14. The van der Waals surface area contributed by atoms with E-state index in [-0.39, 0.29) is 0 Å². The molecule has 3 rings (SSSR count). The summed E-state index contributed by atoms with van der Waals surface area (Å²) in [4.78, 5) is 4.24. The first kappa shape index (κ1) is 11.6. The molecule has 2 aromatic rings. The van der Waals surface area contributed by atoms with Crippen molar-refractivity contribution in [1.29, 1.82) is 0 Å². The molecule has 2 N–H and O–H groups in total. The van der Waals surface area contributed by atoms with Gasteiger partial charge in [0.2, 0.25) is 5.89 Å². The summed E-state index contributed by atoms with van der Waals surface area (Å²) in [7, 11) is 0. The Kier molecular flexibility index (Phi) is 2.80. The summed E-state index contributed by atoms with van der Waals surface area (Å²) in [5.41, 5.74) is 6.51. The largest absolute Gasteiger partial charge is 0.339 e. The van der Waals surface area contributed by atoms with Gasteiger partial charge in [0.25, 0.3) is 0 Å².